The van der Waals surface area contributed by atoms with Crippen LogP contribution < -0.4 is 14.4 Å². The molecule has 2 aliphatic rings. The highest BCUT2D eigenvalue weighted by molar-refractivity contribution is 7.91. The minimum atomic E-state index is -3.32. The van der Waals surface area contributed by atoms with Crippen LogP contribution in [0, 0.1) is 0 Å². The van der Waals surface area contributed by atoms with Crippen molar-refractivity contribution in [3.8, 4) is 11.5 Å². The number of ether oxygens (including phenoxy) is 3. The summed E-state index contributed by atoms with van der Waals surface area (Å²) in [6.07, 6.45) is 0. The van der Waals surface area contributed by atoms with E-state index in [-0.39, 0.29) is 24.1 Å². The number of fused-ring (bicyclic) bond motifs is 1. The molecule has 4 rings (SSSR count). The number of methoxy groups -OCH3 is 2. The first-order chi connectivity index (χ1) is 15.8. The van der Waals surface area contributed by atoms with Gasteiger partial charge in [-0.1, -0.05) is 0 Å². The summed E-state index contributed by atoms with van der Waals surface area (Å²) in [4.78, 5) is 28.6. The summed E-state index contributed by atoms with van der Waals surface area (Å²) in [5, 5.41) is 0. The summed E-state index contributed by atoms with van der Waals surface area (Å²) >= 11 is 0. The normalized spacial score (nSPS) is 21.1. The Balaban J connectivity index is 1.69. The lowest BCUT2D eigenvalue weighted by Crippen LogP contribution is -2.37. The summed E-state index contributed by atoms with van der Waals surface area (Å²) in [5.74, 6) is 0.434. The van der Waals surface area contributed by atoms with E-state index in [0.29, 0.717) is 34.9 Å². The van der Waals surface area contributed by atoms with Gasteiger partial charge in [-0.3, -0.25) is 4.90 Å². The molecule has 2 amide bonds. The topological polar surface area (TPSA) is 102 Å². The van der Waals surface area contributed by atoms with Gasteiger partial charge in [0, 0.05) is 11.3 Å². The van der Waals surface area contributed by atoms with E-state index in [0.717, 1.165) is 0 Å². The molecule has 2 aromatic carbocycles. The summed E-state index contributed by atoms with van der Waals surface area (Å²) < 4.78 is 40.7. The number of esters is 1. The van der Waals surface area contributed by atoms with Crippen molar-refractivity contribution in [2.45, 2.75) is 25.6 Å². The maximum Gasteiger partial charge on any atom is 0.337 e. The zero-order valence-electron chi connectivity index (χ0n) is 18.7. The van der Waals surface area contributed by atoms with Gasteiger partial charge in [-0.15, -0.1) is 0 Å². The summed E-state index contributed by atoms with van der Waals surface area (Å²) in [6, 6.07) is 10.5. The van der Waals surface area contributed by atoms with E-state index in [4.69, 9.17) is 14.2 Å². The summed E-state index contributed by atoms with van der Waals surface area (Å²) in [5.41, 5.74) is 1.51. The molecular formula is C23H26N2O7S. The largest absolute Gasteiger partial charge is 0.496 e. The van der Waals surface area contributed by atoms with E-state index in [1.165, 1.54) is 14.2 Å². The van der Waals surface area contributed by atoms with Gasteiger partial charge in [-0.05, 0) is 49.4 Å². The van der Waals surface area contributed by atoms with Crippen molar-refractivity contribution in [1.82, 2.24) is 4.90 Å². The van der Waals surface area contributed by atoms with Gasteiger partial charge in [-0.2, -0.15) is 0 Å². The molecule has 0 bridgehead atoms. The fourth-order valence-electron chi connectivity index (χ4n) is 4.46. The molecule has 2 aliphatic heterocycles. The first kappa shape index (κ1) is 22.9. The molecule has 0 aromatic heterocycles. The van der Waals surface area contributed by atoms with E-state index in [1.807, 2.05) is 6.92 Å². The van der Waals surface area contributed by atoms with Crippen LogP contribution in [0.1, 0.15) is 22.8 Å². The molecule has 2 atom stereocenters. The molecule has 0 radical (unpaired) electrons. The van der Waals surface area contributed by atoms with Crippen molar-refractivity contribution in [3.05, 3.63) is 53.6 Å². The predicted octanol–water partition coefficient (Wildman–Crippen LogP) is 2.49. The van der Waals surface area contributed by atoms with E-state index in [1.54, 1.807) is 52.3 Å². The molecule has 0 aliphatic carbocycles. The first-order valence-electron chi connectivity index (χ1n) is 10.6. The van der Waals surface area contributed by atoms with Crippen LogP contribution in [0.4, 0.5) is 10.5 Å². The van der Waals surface area contributed by atoms with Crippen molar-refractivity contribution in [2.24, 2.45) is 0 Å². The Morgan fingerprint density at radius 3 is 2.39 bits per heavy atom. The second kappa shape index (κ2) is 8.93. The maximum absolute atomic E-state index is 13.5. The minimum absolute atomic E-state index is 0.0943. The Hall–Kier alpha value is -3.27. The number of sulfone groups is 1. The van der Waals surface area contributed by atoms with Gasteiger partial charge in [0.2, 0.25) is 0 Å². The Bertz CT molecular complexity index is 1160. The molecule has 2 heterocycles. The maximum atomic E-state index is 13.5. The number of urea groups is 1. The van der Waals surface area contributed by atoms with Crippen molar-refractivity contribution in [1.29, 1.82) is 0 Å². The smallest absolute Gasteiger partial charge is 0.337 e. The van der Waals surface area contributed by atoms with Gasteiger partial charge in [0.1, 0.15) is 11.5 Å². The third-order valence-electron chi connectivity index (χ3n) is 5.95. The second-order valence-corrected chi connectivity index (χ2v) is 10.1. The molecule has 0 spiro atoms. The van der Waals surface area contributed by atoms with Crippen molar-refractivity contribution in [2.75, 3.05) is 37.2 Å². The highest BCUT2D eigenvalue weighted by Gasteiger charge is 2.54. The lowest BCUT2D eigenvalue weighted by molar-refractivity contribution is 0.0600. The number of amides is 2. The van der Waals surface area contributed by atoms with E-state index < -0.39 is 27.9 Å². The van der Waals surface area contributed by atoms with Crippen molar-refractivity contribution in [3.63, 3.8) is 0 Å². The molecule has 2 saturated heterocycles. The zero-order valence-corrected chi connectivity index (χ0v) is 19.5. The van der Waals surface area contributed by atoms with Gasteiger partial charge in [0.05, 0.1) is 56.5 Å². The van der Waals surface area contributed by atoms with Crippen molar-refractivity contribution < 1.29 is 32.2 Å². The number of benzene rings is 2. The van der Waals surface area contributed by atoms with Crippen LogP contribution >= 0.6 is 0 Å². The number of rotatable bonds is 7. The number of anilines is 1. The molecule has 9 nitrogen and oxygen atoms in total. The highest BCUT2D eigenvalue weighted by atomic mass is 32.2. The van der Waals surface area contributed by atoms with Crippen LogP contribution in [-0.2, 0) is 21.1 Å². The van der Waals surface area contributed by atoms with E-state index >= 15 is 0 Å². The number of carbonyl (C=O) groups excluding carboxylic acids is 2. The average molecular weight is 475 g/mol. The average Bonchev–Trinajstić information content (AvgIpc) is 3.23. The molecule has 0 saturated carbocycles. The fraction of sp³-hybridized carbons (Fsp3) is 0.391. The summed E-state index contributed by atoms with van der Waals surface area (Å²) in [6.45, 7) is 2.50. The quantitative estimate of drug-likeness (QED) is 0.449. The fourth-order valence-corrected chi connectivity index (χ4v) is 6.41. The Labute approximate surface area is 192 Å². The number of carbonyl (C=O) groups is 2. The Kier molecular flexibility index (Phi) is 6.20. The summed E-state index contributed by atoms with van der Waals surface area (Å²) in [7, 11) is -0.531. The standard InChI is InChI=1S/C23H26N2O7S/c1-4-32-18-8-6-17(7-9-18)25-20-14-33(28,29)13-19(20)24(23(25)27)12-16-11-15(22(26)31-3)5-10-21(16)30-2/h5-11,19-20H,4,12-14H2,1-3H3/t19-,20-/m1/s1. The number of nitrogens with zero attached hydrogens (tertiary/aromatic N) is 2. The third-order valence-corrected chi connectivity index (χ3v) is 7.64. The Morgan fingerprint density at radius 2 is 1.76 bits per heavy atom. The monoisotopic (exact) mass is 474 g/mol. The zero-order chi connectivity index (χ0) is 23.8. The molecular weight excluding hydrogens is 448 g/mol. The molecule has 2 aromatic rings. The molecule has 2 fully saturated rings. The van der Waals surface area contributed by atoms with Gasteiger partial charge in [0.15, 0.2) is 9.84 Å². The molecule has 10 heteroatoms. The minimum Gasteiger partial charge on any atom is -0.496 e. The van der Waals surface area contributed by atoms with Crippen LogP contribution in [0.2, 0.25) is 0 Å². The van der Waals surface area contributed by atoms with Gasteiger partial charge in [0.25, 0.3) is 0 Å². The van der Waals surface area contributed by atoms with Crippen LogP contribution in [0.5, 0.6) is 11.5 Å². The molecule has 176 valence electrons. The molecule has 0 unspecified atom stereocenters. The van der Waals surface area contributed by atoms with Gasteiger partial charge < -0.3 is 19.1 Å². The van der Waals surface area contributed by atoms with Crippen molar-refractivity contribution >= 4 is 27.5 Å². The van der Waals surface area contributed by atoms with Gasteiger partial charge >= 0.3 is 12.0 Å². The van der Waals surface area contributed by atoms with E-state index in [2.05, 4.69) is 0 Å². The third kappa shape index (κ3) is 4.35. The first-order valence-corrected chi connectivity index (χ1v) is 12.4. The van der Waals surface area contributed by atoms with Crippen LogP contribution in [0.15, 0.2) is 42.5 Å². The van der Waals surface area contributed by atoms with Crippen LogP contribution in [0.25, 0.3) is 0 Å². The van der Waals surface area contributed by atoms with Gasteiger partial charge in [-0.25, -0.2) is 18.0 Å². The lowest BCUT2D eigenvalue weighted by Gasteiger charge is -2.23. The predicted molar refractivity (Wildman–Crippen MR) is 122 cm³/mol. The SMILES string of the molecule is CCOc1ccc(N2C(=O)N(Cc3cc(C(=O)OC)ccc3OC)[C@@H]3CS(=O)(=O)C[C@H]32)cc1. The molecule has 33 heavy (non-hydrogen) atoms. The second-order valence-electron chi connectivity index (χ2n) is 7.94. The Morgan fingerprint density at radius 1 is 1.06 bits per heavy atom. The van der Waals surface area contributed by atoms with E-state index in [9.17, 15) is 18.0 Å². The van der Waals surface area contributed by atoms with Crippen LogP contribution in [0.3, 0.4) is 0 Å². The molecule has 0 N–H and O–H groups in total. The van der Waals surface area contributed by atoms with Crippen LogP contribution in [-0.4, -0.2) is 69.7 Å². The highest BCUT2D eigenvalue weighted by Crippen LogP contribution is 2.37. The number of hydrogen-bond donors (Lipinski definition) is 0. The number of hydrogen-bond acceptors (Lipinski definition) is 7. The lowest BCUT2D eigenvalue weighted by atomic mass is 10.1.